The molecule has 2 aromatic heterocycles. The largest absolute Gasteiger partial charge is 0.497 e. The van der Waals surface area contributed by atoms with Crippen molar-refractivity contribution < 1.29 is 9.53 Å². The first kappa shape index (κ1) is 20.1. The molecular formula is C21H17Cl2N5O2. The van der Waals surface area contributed by atoms with Gasteiger partial charge in [0.15, 0.2) is 5.65 Å². The van der Waals surface area contributed by atoms with Crippen molar-refractivity contribution in [2.45, 2.75) is 6.42 Å². The van der Waals surface area contributed by atoms with E-state index in [-0.39, 0.29) is 11.6 Å². The van der Waals surface area contributed by atoms with E-state index in [0.29, 0.717) is 34.2 Å². The first-order valence-corrected chi connectivity index (χ1v) is 9.88. The Kier molecular flexibility index (Phi) is 5.83. The van der Waals surface area contributed by atoms with Crippen molar-refractivity contribution in [3.63, 3.8) is 0 Å². The Morgan fingerprint density at radius 3 is 2.53 bits per heavy atom. The molecule has 0 aliphatic carbocycles. The molecule has 0 atom stereocenters. The van der Waals surface area contributed by atoms with Gasteiger partial charge >= 0.3 is 0 Å². The van der Waals surface area contributed by atoms with E-state index in [1.165, 1.54) is 10.8 Å². The zero-order valence-corrected chi connectivity index (χ0v) is 17.5. The maximum atomic E-state index is 12.7. The smallest absolute Gasteiger partial charge is 0.271 e. The standard InChI is InChI=1S/C21H17Cl2N5O2/c1-30-17-4-2-13(3-5-17)6-7-24-21(29)19-11-18(20-26-25-12-28(20)27-19)14-8-15(22)10-16(23)9-14/h2-5,8-12H,6-7H2,1H3,(H,24,29). The van der Waals surface area contributed by atoms with Crippen molar-refractivity contribution in [1.29, 1.82) is 0 Å². The van der Waals surface area contributed by atoms with E-state index in [2.05, 4.69) is 20.6 Å². The first-order chi connectivity index (χ1) is 14.5. The van der Waals surface area contributed by atoms with Crippen molar-refractivity contribution in [2.24, 2.45) is 0 Å². The van der Waals surface area contributed by atoms with Gasteiger partial charge in [-0.2, -0.15) is 9.61 Å². The molecule has 0 radical (unpaired) electrons. The van der Waals surface area contributed by atoms with Crippen molar-refractivity contribution in [2.75, 3.05) is 13.7 Å². The van der Waals surface area contributed by atoms with Gasteiger partial charge in [-0.1, -0.05) is 35.3 Å². The summed E-state index contributed by atoms with van der Waals surface area (Å²) >= 11 is 12.3. The third-order valence-corrected chi connectivity index (χ3v) is 4.97. The fraction of sp³-hybridized carbons (Fsp3) is 0.143. The highest BCUT2D eigenvalue weighted by molar-refractivity contribution is 6.35. The molecule has 0 saturated heterocycles. The van der Waals surface area contributed by atoms with Crippen molar-refractivity contribution in [3.8, 4) is 16.9 Å². The summed E-state index contributed by atoms with van der Waals surface area (Å²) in [7, 11) is 1.63. The Morgan fingerprint density at radius 1 is 1.10 bits per heavy atom. The number of aromatic nitrogens is 4. The van der Waals surface area contributed by atoms with E-state index in [9.17, 15) is 4.79 Å². The maximum absolute atomic E-state index is 12.7. The molecule has 0 unspecified atom stereocenters. The Bertz CT molecular complexity index is 1190. The highest BCUT2D eigenvalue weighted by atomic mass is 35.5. The number of methoxy groups -OCH3 is 1. The lowest BCUT2D eigenvalue weighted by atomic mass is 10.1. The van der Waals surface area contributed by atoms with E-state index in [0.717, 1.165) is 16.9 Å². The van der Waals surface area contributed by atoms with Gasteiger partial charge in [-0.15, -0.1) is 10.2 Å². The van der Waals surface area contributed by atoms with Gasteiger partial charge in [0.1, 0.15) is 17.8 Å². The van der Waals surface area contributed by atoms with Gasteiger partial charge in [0.05, 0.1) is 7.11 Å². The quantitative estimate of drug-likeness (QED) is 0.487. The molecule has 9 heteroatoms. The number of hydrogen-bond donors (Lipinski definition) is 1. The second-order valence-electron chi connectivity index (χ2n) is 6.55. The molecular weight excluding hydrogens is 425 g/mol. The number of nitrogens with zero attached hydrogens (tertiary/aromatic N) is 4. The second-order valence-corrected chi connectivity index (χ2v) is 7.43. The van der Waals surface area contributed by atoms with Crippen LogP contribution in [0.25, 0.3) is 16.8 Å². The molecule has 4 rings (SSSR count). The lowest BCUT2D eigenvalue weighted by molar-refractivity contribution is 0.0948. The molecule has 0 aliphatic rings. The van der Waals surface area contributed by atoms with Gasteiger partial charge < -0.3 is 10.1 Å². The zero-order chi connectivity index (χ0) is 21.1. The summed E-state index contributed by atoms with van der Waals surface area (Å²) in [6.07, 6.45) is 2.13. The Labute approximate surface area is 182 Å². The monoisotopic (exact) mass is 441 g/mol. The average Bonchev–Trinajstić information content (AvgIpc) is 3.21. The number of amides is 1. The summed E-state index contributed by atoms with van der Waals surface area (Å²) in [5, 5.41) is 16.2. The lowest BCUT2D eigenvalue weighted by Crippen LogP contribution is -2.27. The molecule has 1 amide bonds. The van der Waals surface area contributed by atoms with Crippen LogP contribution < -0.4 is 10.1 Å². The molecule has 2 aromatic carbocycles. The molecule has 0 aliphatic heterocycles. The summed E-state index contributed by atoms with van der Waals surface area (Å²) in [6, 6.07) is 14.5. The number of fused-ring (bicyclic) bond motifs is 1. The van der Waals surface area contributed by atoms with Crippen LogP contribution in [0.2, 0.25) is 10.0 Å². The molecule has 0 saturated carbocycles. The number of hydrogen-bond acceptors (Lipinski definition) is 5. The summed E-state index contributed by atoms with van der Waals surface area (Å²) in [6.45, 7) is 0.464. The average molecular weight is 442 g/mol. The van der Waals surface area contributed by atoms with Crippen molar-refractivity contribution in [1.82, 2.24) is 25.1 Å². The Balaban J connectivity index is 1.55. The fourth-order valence-electron chi connectivity index (χ4n) is 3.06. The van der Waals surface area contributed by atoms with E-state index in [1.54, 1.807) is 31.4 Å². The van der Waals surface area contributed by atoms with Gasteiger partial charge in [-0.25, -0.2) is 0 Å². The Hall–Kier alpha value is -3.16. The van der Waals surface area contributed by atoms with Crippen molar-refractivity contribution >= 4 is 34.8 Å². The van der Waals surface area contributed by atoms with Crippen molar-refractivity contribution in [3.05, 3.63) is 76.2 Å². The number of rotatable bonds is 6. The summed E-state index contributed by atoms with van der Waals surface area (Å²) in [4.78, 5) is 12.7. The molecule has 152 valence electrons. The van der Waals surface area contributed by atoms with Gasteiger partial charge in [-0.05, 0) is 53.9 Å². The molecule has 0 bridgehead atoms. The predicted octanol–water partition coefficient (Wildman–Crippen LogP) is 4.08. The summed E-state index contributed by atoms with van der Waals surface area (Å²) in [5.41, 5.74) is 3.21. The van der Waals surface area contributed by atoms with E-state index in [4.69, 9.17) is 27.9 Å². The molecule has 1 N–H and O–H groups in total. The minimum absolute atomic E-state index is 0.239. The minimum atomic E-state index is -0.298. The summed E-state index contributed by atoms with van der Waals surface area (Å²) in [5.74, 6) is 0.497. The number of carbonyl (C=O) groups excluding carboxylic acids is 1. The first-order valence-electron chi connectivity index (χ1n) is 9.12. The maximum Gasteiger partial charge on any atom is 0.271 e. The van der Waals surface area contributed by atoms with E-state index < -0.39 is 0 Å². The normalized spacial score (nSPS) is 10.9. The molecule has 2 heterocycles. The highest BCUT2D eigenvalue weighted by Gasteiger charge is 2.15. The number of carbonyl (C=O) groups is 1. The van der Waals surface area contributed by atoms with Gasteiger partial charge in [0.25, 0.3) is 5.91 Å². The third kappa shape index (κ3) is 4.37. The molecule has 30 heavy (non-hydrogen) atoms. The molecule has 4 aromatic rings. The number of nitrogens with one attached hydrogen (secondary N) is 1. The third-order valence-electron chi connectivity index (χ3n) is 4.53. The second kappa shape index (κ2) is 8.69. The summed E-state index contributed by atoms with van der Waals surface area (Å²) < 4.78 is 6.61. The topological polar surface area (TPSA) is 81.4 Å². The van der Waals surface area contributed by atoms with Crippen LogP contribution in [0.5, 0.6) is 5.75 Å². The van der Waals surface area contributed by atoms with Crippen LogP contribution in [0.1, 0.15) is 16.1 Å². The number of benzene rings is 2. The lowest BCUT2D eigenvalue weighted by Gasteiger charge is -2.09. The van der Waals surface area contributed by atoms with Crippen LogP contribution in [0, 0.1) is 0 Å². The van der Waals surface area contributed by atoms with Gasteiger partial charge in [0.2, 0.25) is 0 Å². The molecule has 0 fully saturated rings. The zero-order valence-electron chi connectivity index (χ0n) is 16.0. The van der Waals surface area contributed by atoms with Crippen LogP contribution in [-0.2, 0) is 6.42 Å². The number of halogens is 2. The fourth-order valence-corrected chi connectivity index (χ4v) is 3.59. The van der Waals surface area contributed by atoms with Gasteiger partial charge in [0, 0.05) is 22.2 Å². The van der Waals surface area contributed by atoms with Gasteiger partial charge in [-0.3, -0.25) is 4.79 Å². The van der Waals surface area contributed by atoms with Crippen LogP contribution in [0.3, 0.4) is 0 Å². The van der Waals surface area contributed by atoms with E-state index >= 15 is 0 Å². The Morgan fingerprint density at radius 2 is 1.83 bits per heavy atom. The highest BCUT2D eigenvalue weighted by Crippen LogP contribution is 2.29. The van der Waals surface area contributed by atoms with E-state index in [1.807, 2.05) is 24.3 Å². The predicted molar refractivity (Wildman–Crippen MR) is 115 cm³/mol. The SMILES string of the molecule is COc1ccc(CCNC(=O)c2cc(-c3cc(Cl)cc(Cl)c3)c3nncn3n2)cc1. The molecule has 7 nitrogen and oxygen atoms in total. The minimum Gasteiger partial charge on any atom is -0.497 e. The van der Waals surface area contributed by atoms with Crippen LogP contribution in [-0.4, -0.2) is 39.4 Å². The number of ether oxygens (including phenoxy) is 1. The van der Waals surface area contributed by atoms with Crippen LogP contribution in [0.4, 0.5) is 0 Å². The van der Waals surface area contributed by atoms with Crippen LogP contribution in [0.15, 0.2) is 54.9 Å². The van der Waals surface area contributed by atoms with Crippen LogP contribution >= 0.6 is 23.2 Å². The molecule has 0 spiro atoms.